The second-order valence-corrected chi connectivity index (χ2v) is 3.13. The molecule has 0 saturated heterocycles. The van der Waals surface area contributed by atoms with Crippen LogP contribution in [0, 0.1) is 0 Å². The van der Waals surface area contributed by atoms with Gasteiger partial charge in [-0.1, -0.05) is 0 Å². The highest BCUT2D eigenvalue weighted by molar-refractivity contribution is 7.11. The Labute approximate surface area is 70.4 Å². The zero-order valence-corrected chi connectivity index (χ0v) is 6.62. The lowest BCUT2D eigenvalue weighted by Crippen LogP contribution is -2.27. The summed E-state index contributed by atoms with van der Waals surface area (Å²) in [6.45, 7) is 0. The van der Waals surface area contributed by atoms with Gasteiger partial charge in [-0.15, -0.1) is 11.3 Å². The fourth-order valence-corrected chi connectivity index (χ4v) is 1.37. The summed E-state index contributed by atoms with van der Waals surface area (Å²) in [6.07, 6.45) is -4.45. The van der Waals surface area contributed by atoms with Crippen LogP contribution in [-0.2, 0) is 0 Å². The maximum atomic E-state index is 11.9. The number of nitrogens with two attached hydrogens (primary N) is 1. The maximum absolute atomic E-state index is 11.9. The molecule has 0 amide bonds. The molecule has 2 nitrogen and oxygen atoms in total. The topological polar surface area (TPSA) is 46.2 Å². The van der Waals surface area contributed by atoms with Crippen molar-refractivity contribution >= 4 is 11.3 Å². The summed E-state index contributed by atoms with van der Waals surface area (Å²) in [5.74, 6) is 0. The Kier molecular flexibility index (Phi) is 2.29. The average molecular weight is 197 g/mol. The van der Waals surface area contributed by atoms with Gasteiger partial charge in [0.05, 0.1) is 0 Å². The molecular formula is C6H6F3NOS. The first-order valence-electron chi connectivity index (χ1n) is 3.01. The van der Waals surface area contributed by atoms with Crippen LogP contribution in [0.5, 0.6) is 5.06 Å². The summed E-state index contributed by atoms with van der Waals surface area (Å²) in [7, 11) is 0. The van der Waals surface area contributed by atoms with E-state index in [1.165, 1.54) is 5.38 Å². The minimum Gasteiger partial charge on any atom is -0.499 e. The Morgan fingerprint density at radius 3 is 2.42 bits per heavy atom. The molecule has 1 heterocycles. The second kappa shape index (κ2) is 2.95. The molecule has 3 N–H and O–H groups in total. The van der Waals surface area contributed by atoms with Crippen molar-refractivity contribution < 1.29 is 18.3 Å². The fourth-order valence-electron chi connectivity index (χ4n) is 0.691. The van der Waals surface area contributed by atoms with E-state index in [0.717, 1.165) is 17.4 Å². The van der Waals surface area contributed by atoms with Gasteiger partial charge in [0.1, 0.15) is 6.04 Å². The highest BCUT2D eigenvalue weighted by Crippen LogP contribution is 2.34. The lowest BCUT2D eigenvalue weighted by Gasteiger charge is -2.13. The Morgan fingerprint density at radius 2 is 2.08 bits per heavy atom. The molecule has 68 valence electrons. The van der Waals surface area contributed by atoms with E-state index in [1.54, 1.807) is 0 Å². The highest BCUT2D eigenvalue weighted by Gasteiger charge is 2.38. The normalized spacial score (nSPS) is 14.7. The number of hydrogen-bond donors (Lipinski definition) is 2. The van der Waals surface area contributed by atoms with Crippen LogP contribution < -0.4 is 5.73 Å². The van der Waals surface area contributed by atoms with Crippen LogP contribution in [0.2, 0.25) is 0 Å². The third-order valence-electron chi connectivity index (χ3n) is 1.32. The van der Waals surface area contributed by atoms with Crippen LogP contribution in [0.4, 0.5) is 13.2 Å². The van der Waals surface area contributed by atoms with E-state index in [1.807, 2.05) is 0 Å². The molecule has 0 radical (unpaired) electrons. The largest absolute Gasteiger partial charge is 0.499 e. The average Bonchev–Trinajstić information content (AvgIpc) is 2.32. The molecule has 6 heteroatoms. The molecule has 1 atom stereocenters. The van der Waals surface area contributed by atoms with Gasteiger partial charge in [-0.2, -0.15) is 13.2 Å². The molecule has 1 rings (SSSR count). The summed E-state index contributed by atoms with van der Waals surface area (Å²) < 4.78 is 35.8. The van der Waals surface area contributed by atoms with Crippen LogP contribution in [0.3, 0.4) is 0 Å². The summed E-state index contributed by atoms with van der Waals surface area (Å²) in [5.41, 5.74) is 4.75. The SMILES string of the molecule is N[C@@H](c1csc(O)c1)C(F)(F)F. The van der Waals surface area contributed by atoms with E-state index in [4.69, 9.17) is 10.8 Å². The minimum atomic E-state index is -4.45. The van der Waals surface area contributed by atoms with Crippen LogP contribution in [0.15, 0.2) is 11.4 Å². The lowest BCUT2D eigenvalue weighted by molar-refractivity contribution is -0.149. The number of aromatic hydroxyl groups is 1. The predicted molar refractivity (Wildman–Crippen MR) is 39.0 cm³/mol. The zero-order valence-electron chi connectivity index (χ0n) is 5.80. The van der Waals surface area contributed by atoms with Crippen molar-refractivity contribution in [3.8, 4) is 5.06 Å². The highest BCUT2D eigenvalue weighted by atomic mass is 32.1. The first-order chi connectivity index (χ1) is 5.41. The molecule has 0 unspecified atom stereocenters. The van der Waals surface area contributed by atoms with Crippen molar-refractivity contribution in [1.82, 2.24) is 0 Å². The molecule has 1 aromatic heterocycles. The van der Waals surface area contributed by atoms with E-state index >= 15 is 0 Å². The summed E-state index contributed by atoms with van der Waals surface area (Å²) in [6, 6.07) is -0.988. The Bertz CT molecular complexity index is 270. The molecule has 0 spiro atoms. The number of halogens is 3. The van der Waals surface area contributed by atoms with Gasteiger partial charge in [-0.3, -0.25) is 0 Å². The smallest absolute Gasteiger partial charge is 0.407 e. The van der Waals surface area contributed by atoms with Gasteiger partial charge in [0.2, 0.25) is 0 Å². The van der Waals surface area contributed by atoms with Gasteiger partial charge in [-0.25, -0.2) is 0 Å². The lowest BCUT2D eigenvalue weighted by atomic mass is 10.1. The molecule has 0 saturated carbocycles. The van der Waals surface area contributed by atoms with Crippen molar-refractivity contribution in [2.75, 3.05) is 0 Å². The summed E-state index contributed by atoms with van der Waals surface area (Å²) >= 11 is 0.824. The third kappa shape index (κ3) is 1.89. The predicted octanol–water partition coefficient (Wildman–Crippen LogP) is 2.02. The molecular weight excluding hydrogens is 191 g/mol. The minimum absolute atomic E-state index is 0.106. The Hall–Kier alpha value is -0.750. The first-order valence-corrected chi connectivity index (χ1v) is 3.89. The van der Waals surface area contributed by atoms with Gasteiger partial charge in [0.25, 0.3) is 0 Å². The van der Waals surface area contributed by atoms with Gasteiger partial charge < -0.3 is 10.8 Å². The maximum Gasteiger partial charge on any atom is 0.407 e. The van der Waals surface area contributed by atoms with Crippen LogP contribution >= 0.6 is 11.3 Å². The van der Waals surface area contributed by atoms with E-state index < -0.39 is 12.2 Å². The molecule has 0 aromatic carbocycles. The number of alkyl halides is 3. The quantitative estimate of drug-likeness (QED) is 0.723. The van der Waals surface area contributed by atoms with E-state index in [9.17, 15) is 13.2 Å². The zero-order chi connectivity index (χ0) is 9.35. The monoisotopic (exact) mass is 197 g/mol. The standard InChI is InChI=1S/C6H6F3NOS/c7-6(8,9)5(10)3-1-4(11)12-2-3/h1-2,5,11H,10H2/t5-/m0/s1. The van der Waals surface area contributed by atoms with Crippen molar-refractivity contribution in [3.05, 3.63) is 17.0 Å². The molecule has 12 heavy (non-hydrogen) atoms. The van der Waals surface area contributed by atoms with Crippen molar-refractivity contribution in [2.24, 2.45) is 5.73 Å². The number of rotatable bonds is 1. The third-order valence-corrected chi connectivity index (χ3v) is 2.07. The van der Waals surface area contributed by atoms with Crippen molar-refractivity contribution in [1.29, 1.82) is 0 Å². The Morgan fingerprint density at radius 1 is 1.50 bits per heavy atom. The van der Waals surface area contributed by atoms with Gasteiger partial charge >= 0.3 is 6.18 Å². The molecule has 0 fully saturated rings. The van der Waals surface area contributed by atoms with E-state index in [-0.39, 0.29) is 10.6 Å². The fraction of sp³-hybridized carbons (Fsp3) is 0.333. The second-order valence-electron chi connectivity index (χ2n) is 2.24. The summed E-state index contributed by atoms with van der Waals surface area (Å²) in [4.78, 5) is 0. The van der Waals surface area contributed by atoms with E-state index in [2.05, 4.69) is 0 Å². The van der Waals surface area contributed by atoms with Gasteiger partial charge in [0.15, 0.2) is 5.06 Å². The molecule has 0 bridgehead atoms. The van der Waals surface area contributed by atoms with Gasteiger partial charge in [0, 0.05) is 0 Å². The van der Waals surface area contributed by atoms with Crippen LogP contribution in [0.25, 0.3) is 0 Å². The van der Waals surface area contributed by atoms with E-state index in [0.29, 0.717) is 0 Å². The van der Waals surface area contributed by atoms with Crippen LogP contribution in [0.1, 0.15) is 11.6 Å². The molecule has 0 aliphatic heterocycles. The van der Waals surface area contributed by atoms with Crippen molar-refractivity contribution in [3.63, 3.8) is 0 Å². The molecule has 0 aliphatic carbocycles. The summed E-state index contributed by atoms with van der Waals surface area (Å²) in [5, 5.41) is 9.79. The molecule has 1 aromatic rings. The Balaban J connectivity index is 2.85. The number of hydrogen-bond acceptors (Lipinski definition) is 3. The van der Waals surface area contributed by atoms with Gasteiger partial charge in [-0.05, 0) is 17.0 Å². The molecule has 0 aliphatic rings. The van der Waals surface area contributed by atoms with Crippen LogP contribution in [-0.4, -0.2) is 11.3 Å². The number of thiophene rings is 1. The first kappa shape index (κ1) is 9.34. The van der Waals surface area contributed by atoms with Crippen molar-refractivity contribution in [2.45, 2.75) is 12.2 Å².